The molecule has 1 fully saturated rings. The van der Waals surface area contributed by atoms with Crippen LogP contribution in [0.4, 0.5) is 5.69 Å². The molecule has 27 heavy (non-hydrogen) atoms. The number of rotatable bonds is 5. The molecule has 0 unspecified atom stereocenters. The summed E-state index contributed by atoms with van der Waals surface area (Å²) in [5, 5.41) is 8.83. The first-order chi connectivity index (χ1) is 12.8. The summed E-state index contributed by atoms with van der Waals surface area (Å²) in [7, 11) is -3.61. The zero-order valence-corrected chi connectivity index (χ0v) is 18.3. The van der Waals surface area contributed by atoms with Crippen molar-refractivity contribution in [3.05, 3.63) is 56.5 Å². The lowest BCUT2D eigenvalue weighted by Crippen LogP contribution is -2.37. The molecule has 0 radical (unpaired) electrons. The van der Waals surface area contributed by atoms with Gasteiger partial charge in [0.2, 0.25) is 10.0 Å². The van der Waals surface area contributed by atoms with Crippen molar-refractivity contribution in [3.63, 3.8) is 0 Å². The Bertz CT molecular complexity index is 988. The number of nitrogen functional groups attached to an aromatic ring is 1. The van der Waals surface area contributed by atoms with Crippen LogP contribution >= 0.6 is 31.9 Å². The van der Waals surface area contributed by atoms with Crippen molar-refractivity contribution in [2.24, 2.45) is 0 Å². The lowest BCUT2D eigenvalue weighted by atomic mass is 10.2. The van der Waals surface area contributed by atoms with Gasteiger partial charge in [-0.05, 0) is 64.3 Å². The molecule has 9 heteroatoms. The van der Waals surface area contributed by atoms with Gasteiger partial charge in [0.1, 0.15) is 0 Å². The van der Waals surface area contributed by atoms with E-state index < -0.39 is 10.0 Å². The summed E-state index contributed by atoms with van der Waals surface area (Å²) in [5.74, 6) is 0. The molecule has 1 aliphatic rings. The molecule has 1 atom stereocenters. The van der Waals surface area contributed by atoms with E-state index >= 15 is 0 Å². The molecule has 2 aromatic rings. The smallest absolute Gasteiger partial charge is 0.240 e. The standard InChI is InChI=1S/C18H18Br2N4O2S/c19-14-7-13(18(22)17(20)8-14)10-24-6-5-15(11-24)23-27(25,26)16-3-1-12(9-21)2-4-16/h1-4,7-8,15,23H,5-6,10-11,22H2/t15-/m1/s1. The predicted octanol–water partition coefficient (Wildman–Crippen LogP) is 3.22. The van der Waals surface area contributed by atoms with Crippen LogP contribution in [0.15, 0.2) is 50.2 Å². The van der Waals surface area contributed by atoms with Crippen molar-refractivity contribution in [1.29, 1.82) is 5.26 Å². The molecule has 0 saturated carbocycles. The molecule has 0 aromatic heterocycles. The molecule has 0 aliphatic carbocycles. The third-order valence-electron chi connectivity index (χ3n) is 4.46. The highest BCUT2D eigenvalue weighted by molar-refractivity contribution is 9.11. The minimum atomic E-state index is -3.61. The first-order valence-electron chi connectivity index (χ1n) is 8.27. The lowest BCUT2D eigenvalue weighted by molar-refractivity contribution is 0.325. The molecule has 0 amide bonds. The Morgan fingerprint density at radius 3 is 2.63 bits per heavy atom. The Labute approximate surface area is 175 Å². The van der Waals surface area contributed by atoms with Gasteiger partial charge in [0.25, 0.3) is 0 Å². The summed E-state index contributed by atoms with van der Waals surface area (Å²) in [6, 6.07) is 11.6. The van der Waals surface area contributed by atoms with Gasteiger partial charge >= 0.3 is 0 Å². The van der Waals surface area contributed by atoms with Gasteiger partial charge in [-0.2, -0.15) is 5.26 Å². The minimum Gasteiger partial charge on any atom is -0.398 e. The van der Waals surface area contributed by atoms with Gasteiger partial charge in [-0.15, -0.1) is 0 Å². The van der Waals surface area contributed by atoms with Crippen LogP contribution in [0.3, 0.4) is 0 Å². The highest BCUT2D eigenvalue weighted by atomic mass is 79.9. The van der Waals surface area contributed by atoms with E-state index in [0.29, 0.717) is 24.3 Å². The highest BCUT2D eigenvalue weighted by Gasteiger charge is 2.27. The SMILES string of the molecule is N#Cc1ccc(S(=O)(=O)N[C@@H]2CCN(Cc3cc(Br)cc(Br)c3N)C2)cc1. The van der Waals surface area contributed by atoms with Gasteiger partial charge in [-0.25, -0.2) is 13.1 Å². The van der Waals surface area contributed by atoms with E-state index in [4.69, 9.17) is 11.0 Å². The monoisotopic (exact) mass is 512 g/mol. The number of sulfonamides is 1. The number of likely N-dealkylation sites (tertiary alicyclic amines) is 1. The molecular weight excluding hydrogens is 496 g/mol. The van der Waals surface area contributed by atoms with Crippen LogP contribution in [0.2, 0.25) is 0 Å². The maximum Gasteiger partial charge on any atom is 0.240 e. The van der Waals surface area contributed by atoms with Crippen molar-refractivity contribution in [1.82, 2.24) is 9.62 Å². The number of benzene rings is 2. The van der Waals surface area contributed by atoms with Crippen molar-refractivity contribution in [3.8, 4) is 6.07 Å². The topological polar surface area (TPSA) is 99.2 Å². The molecule has 3 rings (SSSR count). The van der Waals surface area contributed by atoms with E-state index in [-0.39, 0.29) is 10.9 Å². The molecule has 0 spiro atoms. The fraction of sp³-hybridized carbons (Fsp3) is 0.278. The zero-order valence-electron chi connectivity index (χ0n) is 14.3. The summed E-state index contributed by atoms with van der Waals surface area (Å²) in [6.07, 6.45) is 0.727. The average molecular weight is 514 g/mol. The largest absolute Gasteiger partial charge is 0.398 e. The second-order valence-corrected chi connectivity index (χ2v) is 9.92. The fourth-order valence-corrected chi connectivity index (χ4v) is 5.65. The number of hydrogen-bond donors (Lipinski definition) is 2. The van der Waals surface area contributed by atoms with Gasteiger partial charge < -0.3 is 5.73 Å². The number of nitrogens with two attached hydrogens (primary N) is 1. The molecule has 142 valence electrons. The van der Waals surface area contributed by atoms with Gasteiger partial charge in [-0.3, -0.25) is 4.90 Å². The molecule has 1 saturated heterocycles. The van der Waals surface area contributed by atoms with E-state index in [1.54, 1.807) is 0 Å². The fourth-order valence-electron chi connectivity index (χ4n) is 3.08. The zero-order chi connectivity index (χ0) is 19.6. The predicted molar refractivity (Wildman–Crippen MR) is 111 cm³/mol. The van der Waals surface area contributed by atoms with Crippen molar-refractivity contribution < 1.29 is 8.42 Å². The second-order valence-electron chi connectivity index (χ2n) is 6.44. The van der Waals surface area contributed by atoms with Gasteiger partial charge in [0.05, 0.1) is 22.2 Å². The molecule has 2 aromatic carbocycles. The molecule has 0 bridgehead atoms. The number of halogens is 2. The molecule has 1 aliphatic heterocycles. The van der Waals surface area contributed by atoms with E-state index in [1.165, 1.54) is 24.3 Å². The highest BCUT2D eigenvalue weighted by Crippen LogP contribution is 2.30. The quantitative estimate of drug-likeness (QED) is 0.598. The van der Waals surface area contributed by atoms with Crippen LogP contribution in [-0.2, 0) is 16.6 Å². The number of nitrogens with zero attached hydrogens (tertiary/aromatic N) is 2. The number of anilines is 1. The normalized spacial score (nSPS) is 17.7. The van der Waals surface area contributed by atoms with Crippen LogP contribution < -0.4 is 10.5 Å². The summed E-state index contributed by atoms with van der Waals surface area (Å²) < 4.78 is 29.6. The van der Waals surface area contributed by atoms with E-state index in [2.05, 4.69) is 41.5 Å². The molecule has 1 heterocycles. The third kappa shape index (κ3) is 4.89. The Morgan fingerprint density at radius 1 is 1.26 bits per heavy atom. The van der Waals surface area contributed by atoms with Crippen LogP contribution in [0.5, 0.6) is 0 Å². The van der Waals surface area contributed by atoms with Gasteiger partial charge in [0, 0.05) is 34.6 Å². The summed E-state index contributed by atoms with van der Waals surface area (Å²) in [4.78, 5) is 2.34. The lowest BCUT2D eigenvalue weighted by Gasteiger charge is -2.18. The Kier molecular flexibility index (Phi) is 6.23. The Hall–Kier alpha value is -1.44. The van der Waals surface area contributed by atoms with E-state index in [1.807, 2.05) is 18.2 Å². The number of nitrogens with one attached hydrogen (secondary N) is 1. The minimum absolute atomic E-state index is 0.164. The number of nitriles is 1. The number of hydrogen-bond acceptors (Lipinski definition) is 5. The van der Waals surface area contributed by atoms with Crippen molar-refractivity contribution >= 4 is 47.6 Å². The van der Waals surface area contributed by atoms with Crippen molar-refractivity contribution in [2.75, 3.05) is 18.8 Å². The maximum atomic E-state index is 12.6. The Morgan fingerprint density at radius 2 is 1.96 bits per heavy atom. The first kappa shape index (κ1) is 20.3. The molecule has 3 N–H and O–H groups in total. The Balaban J connectivity index is 1.65. The van der Waals surface area contributed by atoms with Crippen LogP contribution in [-0.4, -0.2) is 32.4 Å². The molecular formula is C18H18Br2N4O2S. The second kappa shape index (κ2) is 8.29. The van der Waals surface area contributed by atoms with Crippen LogP contribution in [0.1, 0.15) is 17.5 Å². The summed E-state index contributed by atoms with van der Waals surface area (Å²) in [5.41, 5.74) is 8.25. The van der Waals surface area contributed by atoms with Gasteiger partial charge in [0.15, 0.2) is 0 Å². The van der Waals surface area contributed by atoms with Crippen LogP contribution in [0, 0.1) is 11.3 Å². The maximum absolute atomic E-state index is 12.6. The van der Waals surface area contributed by atoms with Crippen LogP contribution in [0.25, 0.3) is 0 Å². The van der Waals surface area contributed by atoms with E-state index in [9.17, 15) is 8.42 Å². The average Bonchev–Trinajstić information content (AvgIpc) is 3.05. The first-order valence-corrected chi connectivity index (χ1v) is 11.3. The van der Waals surface area contributed by atoms with Crippen molar-refractivity contribution in [2.45, 2.75) is 23.9 Å². The van der Waals surface area contributed by atoms with Gasteiger partial charge in [-0.1, -0.05) is 15.9 Å². The third-order valence-corrected chi connectivity index (χ3v) is 7.11. The van der Waals surface area contributed by atoms with E-state index in [0.717, 1.165) is 27.5 Å². The molecule has 6 nitrogen and oxygen atoms in total. The summed E-state index contributed by atoms with van der Waals surface area (Å²) >= 11 is 6.92. The summed E-state index contributed by atoms with van der Waals surface area (Å²) in [6.45, 7) is 2.04.